The molecule has 320 valence electrons. The summed E-state index contributed by atoms with van der Waals surface area (Å²) in [4.78, 5) is 58.2. The van der Waals surface area contributed by atoms with Crippen molar-refractivity contribution >= 4 is 92.5 Å². The number of likely N-dealkylation sites (tertiary alicyclic amines) is 2. The number of benzene rings is 6. The maximum atomic E-state index is 12.7. The lowest BCUT2D eigenvalue weighted by Gasteiger charge is -2.42. The average Bonchev–Trinajstić information content (AvgIpc) is 3.25. The van der Waals surface area contributed by atoms with Crippen LogP contribution in [0.5, 0.6) is 5.75 Å². The number of phenolic OH excluding ortho intramolecular Hbond substituents is 1. The SMILES string of the molecule is C=CC(=O)N1CC(CN2C(=O)CSc3cc(-c4cc(C)cc5ccccc45)ccc32)C1.C=CC(=O)N1CC(CN2C(=O)CSc3cc(-c4cc(O)cc5ccccc45)ccc32)C1.Cl. The molecular formula is C51H47ClN4O5S2. The number of phenols is 1. The van der Waals surface area contributed by atoms with Crippen LogP contribution in [0, 0.1) is 18.8 Å². The van der Waals surface area contributed by atoms with E-state index in [1.54, 1.807) is 45.5 Å². The number of carbonyl (C=O) groups is 4. The molecule has 63 heavy (non-hydrogen) atoms. The molecule has 0 aromatic heterocycles. The number of amides is 4. The van der Waals surface area contributed by atoms with Gasteiger partial charge in [-0.05, 0) is 105 Å². The van der Waals surface area contributed by atoms with Crippen molar-refractivity contribution in [1.29, 1.82) is 0 Å². The first kappa shape index (κ1) is 43.6. The molecule has 4 aliphatic heterocycles. The Balaban J connectivity index is 0.000000170. The number of aryl methyl sites for hydroxylation is 1. The molecule has 4 aliphatic rings. The quantitative estimate of drug-likeness (QED) is 0.152. The van der Waals surface area contributed by atoms with E-state index >= 15 is 0 Å². The summed E-state index contributed by atoms with van der Waals surface area (Å²) in [7, 11) is 0. The van der Waals surface area contributed by atoms with Crippen LogP contribution in [0.4, 0.5) is 11.4 Å². The third-order valence-electron chi connectivity index (χ3n) is 12.0. The first-order valence-electron chi connectivity index (χ1n) is 20.8. The highest BCUT2D eigenvalue weighted by Gasteiger charge is 2.36. The van der Waals surface area contributed by atoms with Crippen molar-refractivity contribution in [3.8, 4) is 28.0 Å². The molecule has 2 fully saturated rings. The number of carbonyl (C=O) groups excluding carboxylic acids is 4. The van der Waals surface area contributed by atoms with Gasteiger partial charge >= 0.3 is 0 Å². The predicted molar refractivity (Wildman–Crippen MR) is 259 cm³/mol. The Morgan fingerprint density at radius 3 is 1.56 bits per heavy atom. The van der Waals surface area contributed by atoms with Gasteiger partial charge in [-0.1, -0.05) is 86.0 Å². The summed E-state index contributed by atoms with van der Waals surface area (Å²) in [5.41, 5.74) is 7.52. The van der Waals surface area contributed by atoms with Crippen molar-refractivity contribution < 1.29 is 24.3 Å². The fraction of sp³-hybridized carbons (Fsp3) is 0.216. The molecule has 0 unspecified atom stereocenters. The number of thioether (sulfide) groups is 2. The van der Waals surface area contributed by atoms with Crippen LogP contribution >= 0.6 is 35.9 Å². The summed E-state index contributed by atoms with van der Waals surface area (Å²) in [5.74, 6) is 1.82. The van der Waals surface area contributed by atoms with Gasteiger partial charge in [0.15, 0.2) is 0 Å². The molecule has 10 rings (SSSR count). The molecule has 0 aliphatic carbocycles. The Bertz CT molecular complexity index is 2630. The van der Waals surface area contributed by atoms with Crippen LogP contribution in [0.3, 0.4) is 0 Å². The van der Waals surface area contributed by atoms with Crippen LogP contribution in [0.15, 0.2) is 144 Å². The second-order valence-corrected chi connectivity index (χ2v) is 18.4. The van der Waals surface area contributed by atoms with E-state index in [1.165, 1.54) is 39.6 Å². The maximum Gasteiger partial charge on any atom is 0.245 e. The van der Waals surface area contributed by atoms with Crippen molar-refractivity contribution in [2.75, 3.05) is 60.6 Å². The minimum absolute atomic E-state index is 0. The number of anilines is 2. The van der Waals surface area contributed by atoms with E-state index in [0.717, 1.165) is 43.1 Å². The molecule has 0 atom stereocenters. The zero-order valence-electron chi connectivity index (χ0n) is 34.9. The number of fused-ring (bicyclic) bond motifs is 4. The molecule has 2 saturated heterocycles. The number of hydrogen-bond acceptors (Lipinski definition) is 7. The van der Waals surface area contributed by atoms with Crippen LogP contribution in [0.2, 0.25) is 0 Å². The van der Waals surface area contributed by atoms with Crippen LogP contribution in [-0.2, 0) is 19.2 Å². The molecule has 4 amide bonds. The van der Waals surface area contributed by atoms with E-state index < -0.39 is 0 Å². The molecule has 12 heteroatoms. The second-order valence-electron chi connectivity index (χ2n) is 16.3. The predicted octanol–water partition coefficient (Wildman–Crippen LogP) is 9.62. The minimum Gasteiger partial charge on any atom is -0.508 e. The number of hydrogen-bond donors (Lipinski definition) is 1. The molecule has 0 spiro atoms. The van der Waals surface area contributed by atoms with Crippen molar-refractivity contribution in [3.05, 3.63) is 140 Å². The lowest BCUT2D eigenvalue weighted by molar-refractivity contribution is -0.132. The molecular weight excluding hydrogens is 848 g/mol. The molecule has 0 saturated carbocycles. The first-order chi connectivity index (χ1) is 30.1. The third-order valence-corrected chi connectivity index (χ3v) is 14.1. The normalized spacial score (nSPS) is 16.0. The highest BCUT2D eigenvalue weighted by molar-refractivity contribution is 8.00. The van der Waals surface area contributed by atoms with E-state index in [4.69, 9.17) is 0 Å². The fourth-order valence-corrected chi connectivity index (χ4v) is 10.8. The van der Waals surface area contributed by atoms with E-state index in [1.807, 2.05) is 40.1 Å². The summed E-state index contributed by atoms with van der Waals surface area (Å²) < 4.78 is 0. The van der Waals surface area contributed by atoms with Crippen molar-refractivity contribution in [3.63, 3.8) is 0 Å². The van der Waals surface area contributed by atoms with Gasteiger partial charge in [-0.2, -0.15) is 0 Å². The highest BCUT2D eigenvalue weighted by atomic mass is 35.5. The molecule has 0 bridgehead atoms. The van der Waals surface area contributed by atoms with Gasteiger partial charge in [0.05, 0.1) is 22.9 Å². The average molecular weight is 896 g/mol. The van der Waals surface area contributed by atoms with Gasteiger partial charge in [-0.25, -0.2) is 0 Å². The lowest BCUT2D eigenvalue weighted by atomic mass is 9.95. The van der Waals surface area contributed by atoms with E-state index in [9.17, 15) is 24.3 Å². The summed E-state index contributed by atoms with van der Waals surface area (Å²) in [5, 5.41) is 14.8. The fourth-order valence-electron chi connectivity index (χ4n) is 8.88. The Hall–Kier alpha value is -6.01. The van der Waals surface area contributed by atoms with Crippen molar-refractivity contribution in [1.82, 2.24) is 9.80 Å². The van der Waals surface area contributed by atoms with Gasteiger partial charge in [0, 0.05) is 60.9 Å². The Labute approximate surface area is 381 Å². The van der Waals surface area contributed by atoms with Gasteiger partial charge in [0.1, 0.15) is 5.75 Å². The zero-order valence-corrected chi connectivity index (χ0v) is 37.3. The van der Waals surface area contributed by atoms with Crippen LogP contribution in [0.1, 0.15) is 5.56 Å². The van der Waals surface area contributed by atoms with E-state index in [2.05, 4.69) is 86.8 Å². The van der Waals surface area contributed by atoms with E-state index in [0.29, 0.717) is 56.7 Å². The Morgan fingerprint density at radius 2 is 1.08 bits per heavy atom. The van der Waals surface area contributed by atoms with Gasteiger partial charge in [-0.3, -0.25) is 19.2 Å². The standard InChI is InChI=1S/C26H24N2O2S.C25H22N2O3S.ClH/c1-3-25(29)27-13-18(14-27)15-28-23-9-8-20(12-24(23)31-16-26(28)30)22-11-17(2)10-19-6-4-5-7-21(19)22;1-2-24(29)26-12-16(13-26)14-27-22-8-7-18(10-23(22)31-15-25(27)30)21-11-19(28)9-17-5-3-4-6-20(17)21;/h3-12,18H,1,13-16H2,2H3;2-11,16,28H,1,12-15H2;1H. The van der Waals surface area contributed by atoms with Crippen LogP contribution < -0.4 is 9.80 Å². The lowest BCUT2D eigenvalue weighted by Crippen LogP contribution is -2.54. The van der Waals surface area contributed by atoms with Crippen LogP contribution in [-0.4, -0.2) is 89.3 Å². The summed E-state index contributed by atoms with van der Waals surface area (Å²) in [6, 6.07) is 37.0. The number of rotatable bonds is 8. The summed E-state index contributed by atoms with van der Waals surface area (Å²) >= 11 is 3.16. The van der Waals surface area contributed by atoms with E-state index in [-0.39, 0.29) is 47.7 Å². The largest absolute Gasteiger partial charge is 0.508 e. The molecule has 6 aromatic rings. The Morgan fingerprint density at radius 1 is 0.635 bits per heavy atom. The van der Waals surface area contributed by atoms with Gasteiger partial charge in [0.25, 0.3) is 0 Å². The minimum atomic E-state index is -0.0554. The van der Waals surface area contributed by atoms with Crippen molar-refractivity contribution in [2.24, 2.45) is 11.8 Å². The number of aromatic hydroxyl groups is 1. The molecule has 6 aromatic carbocycles. The first-order valence-corrected chi connectivity index (χ1v) is 22.7. The summed E-state index contributed by atoms with van der Waals surface area (Å²) in [6.07, 6.45) is 2.69. The van der Waals surface area contributed by atoms with Crippen LogP contribution in [0.25, 0.3) is 43.8 Å². The molecule has 1 N–H and O–H groups in total. The zero-order chi connectivity index (χ0) is 43.1. The van der Waals surface area contributed by atoms with Gasteiger partial charge in [0.2, 0.25) is 23.6 Å². The molecule has 9 nitrogen and oxygen atoms in total. The molecule has 0 radical (unpaired) electrons. The van der Waals surface area contributed by atoms with Gasteiger partial charge < -0.3 is 24.7 Å². The smallest absolute Gasteiger partial charge is 0.245 e. The summed E-state index contributed by atoms with van der Waals surface area (Å²) in [6.45, 7) is 13.2. The second kappa shape index (κ2) is 18.4. The maximum absolute atomic E-state index is 12.7. The highest BCUT2D eigenvalue weighted by Crippen LogP contribution is 2.43. The number of halogens is 1. The third kappa shape index (κ3) is 8.83. The molecule has 4 heterocycles. The van der Waals surface area contributed by atoms with Gasteiger partial charge in [-0.15, -0.1) is 35.9 Å². The topological polar surface area (TPSA) is 101 Å². The number of nitrogens with zero attached hydrogens (tertiary/aromatic N) is 4. The van der Waals surface area contributed by atoms with Crippen molar-refractivity contribution in [2.45, 2.75) is 16.7 Å². The Kier molecular flexibility index (Phi) is 12.7. The monoisotopic (exact) mass is 894 g/mol.